The molecule has 0 spiro atoms. The van der Waals surface area contributed by atoms with Crippen LogP contribution in [-0.2, 0) is 0 Å². The zero-order valence-electron chi connectivity index (χ0n) is 27.6. The van der Waals surface area contributed by atoms with Gasteiger partial charge in [-0.15, -0.1) is 0 Å². The monoisotopic (exact) mass is 653 g/mol. The summed E-state index contributed by atoms with van der Waals surface area (Å²) in [5.41, 5.74) is 7.55. The Hall–Kier alpha value is -6.65. The Morgan fingerprint density at radius 2 is 1.08 bits per heavy atom. The SMILES string of the molecule is C1=C(c2nc(-c3ccc(-c4ccccc4)cc3)nc(-c3cc4ccccc4c4ccccc34)n2)C=C2Oc3ccccc3C2C1c1ccccc1. The zero-order valence-corrected chi connectivity index (χ0v) is 27.6. The Kier molecular flexibility index (Phi) is 6.91. The van der Waals surface area contributed by atoms with E-state index in [1.165, 1.54) is 27.5 Å². The molecule has 2 atom stereocenters. The topological polar surface area (TPSA) is 47.9 Å². The molecule has 2 unspecified atom stereocenters. The minimum Gasteiger partial charge on any atom is -0.461 e. The Morgan fingerprint density at radius 1 is 0.471 bits per heavy atom. The van der Waals surface area contributed by atoms with E-state index in [2.05, 4.69) is 164 Å². The molecule has 51 heavy (non-hydrogen) atoms. The summed E-state index contributed by atoms with van der Waals surface area (Å²) in [5.74, 6) is 3.81. The van der Waals surface area contributed by atoms with Crippen LogP contribution in [0.1, 0.15) is 28.8 Å². The van der Waals surface area contributed by atoms with Crippen molar-refractivity contribution in [2.24, 2.45) is 0 Å². The lowest BCUT2D eigenvalue weighted by Gasteiger charge is -2.26. The minimum absolute atomic E-state index is 0.0418. The molecule has 0 saturated carbocycles. The van der Waals surface area contributed by atoms with E-state index in [0.717, 1.165) is 44.5 Å². The molecule has 7 aromatic carbocycles. The van der Waals surface area contributed by atoms with Gasteiger partial charge in [-0.05, 0) is 56.4 Å². The minimum atomic E-state index is 0.0418. The number of fused-ring (bicyclic) bond motifs is 6. The van der Waals surface area contributed by atoms with E-state index in [9.17, 15) is 0 Å². The average molecular weight is 654 g/mol. The molecule has 10 rings (SSSR count). The fourth-order valence-corrected chi connectivity index (χ4v) is 7.69. The molecule has 0 saturated heterocycles. The van der Waals surface area contributed by atoms with Gasteiger partial charge in [0.05, 0.1) is 5.92 Å². The lowest BCUT2D eigenvalue weighted by Crippen LogP contribution is -2.15. The number of hydrogen-bond acceptors (Lipinski definition) is 4. The molecule has 0 radical (unpaired) electrons. The molecule has 0 bridgehead atoms. The van der Waals surface area contributed by atoms with Crippen molar-refractivity contribution in [3.05, 3.63) is 199 Å². The molecule has 0 amide bonds. The van der Waals surface area contributed by atoms with Crippen molar-refractivity contribution in [1.29, 1.82) is 0 Å². The van der Waals surface area contributed by atoms with Crippen molar-refractivity contribution in [1.82, 2.24) is 15.0 Å². The highest BCUT2D eigenvalue weighted by Gasteiger charge is 2.39. The van der Waals surface area contributed by atoms with E-state index in [4.69, 9.17) is 19.7 Å². The second-order valence-electron chi connectivity index (χ2n) is 13.2. The van der Waals surface area contributed by atoms with E-state index >= 15 is 0 Å². The van der Waals surface area contributed by atoms with Gasteiger partial charge in [-0.2, -0.15) is 0 Å². The highest BCUT2D eigenvalue weighted by Crippen LogP contribution is 2.52. The molecular weight excluding hydrogens is 623 g/mol. The fraction of sp³-hybridized carbons (Fsp3) is 0.0426. The Balaban J connectivity index is 1.18. The summed E-state index contributed by atoms with van der Waals surface area (Å²) in [4.78, 5) is 15.7. The van der Waals surface area contributed by atoms with Gasteiger partial charge in [0, 0.05) is 28.2 Å². The second kappa shape index (κ2) is 12.0. The number of aromatic nitrogens is 3. The van der Waals surface area contributed by atoms with E-state index in [1.54, 1.807) is 0 Å². The van der Waals surface area contributed by atoms with E-state index in [-0.39, 0.29) is 11.8 Å². The summed E-state index contributed by atoms with van der Waals surface area (Å²) in [6, 6.07) is 57.2. The van der Waals surface area contributed by atoms with E-state index in [0.29, 0.717) is 17.5 Å². The smallest absolute Gasteiger partial charge is 0.164 e. The van der Waals surface area contributed by atoms with Crippen molar-refractivity contribution in [3.63, 3.8) is 0 Å². The van der Waals surface area contributed by atoms with Crippen molar-refractivity contribution < 1.29 is 4.74 Å². The molecule has 4 heteroatoms. The van der Waals surface area contributed by atoms with Crippen LogP contribution in [0.25, 0.3) is 61.0 Å². The quantitative estimate of drug-likeness (QED) is 0.173. The molecule has 1 aromatic heterocycles. The normalized spacial score (nSPS) is 16.2. The molecule has 8 aromatic rings. The first-order chi connectivity index (χ1) is 25.3. The fourth-order valence-electron chi connectivity index (χ4n) is 7.69. The first kappa shape index (κ1) is 29.3. The highest BCUT2D eigenvalue weighted by atomic mass is 16.5. The molecule has 0 fully saturated rings. The summed E-state index contributed by atoms with van der Waals surface area (Å²) >= 11 is 0. The lowest BCUT2D eigenvalue weighted by atomic mass is 9.77. The summed E-state index contributed by atoms with van der Waals surface area (Å²) in [6.07, 6.45) is 4.44. The van der Waals surface area contributed by atoms with Crippen LogP contribution in [0, 0.1) is 0 Å². The number of benzene rings is 7. The van der Waals surface area contributed by atoms with Crippen LogP contribution >= 0.6 is 0 Å². The molecule has 2 heterocycles. The van der Waals surface area contributed by atoms with Gasteiger partial charge >= 0.3 is 0 Å². The van der Waals surface area contributed by atoms with Crippen LogP contribution in [-0.4, -0.2) is 15.0 Å². The molecule has 2 aliphatic rings. The lowest BCUT2D eigenvalue weighted by molar-refractivity contribution is 0.417. The van der Waals surface area contributed by atoms with Gasteiger partial charge in [-0.25, -0.2) is 15.0 Å². The number of nitrogens with zero attached hydrogens (tertiary/aromatic N) is 3. The summed E-state index contributed by atoms with van der Waals surface area (Å²) in [5, 5.41) is 4.62. The van der Waals surface area contributed by atoms with Crippen molar-refractivity contribution >= 4 is 27.1 Å². The van der Waals surface area contributed by atoms with E-state index < -0.39 is 0 Å². The van der Waals surface area contributed by atoms with Crippen LogP contribution < -0.4 is 4.74 Å². The van der Waals surface area contributed by atoms with Crippen LogP contribution in [0.4, 0.5) is 0 Å². The summed E-state index contributed by atoms with van der Waals surface area (Å²) in [6.45, 7) is 0. The standard InChI is InChI=1S/C47H31N3O/c1-3-13-30(14-4-1)31-23-25-33(26-24-31)45-48-46(50-47(49-45)41-27-34-17-7-8-18-36(34)37-19-9-10-20-38(37)41)35-28-40(32-15-5-2-6-16-32)44-39-21-11-12-22-42(39)51-43(44)29-35/h1-29,40,44H. The Labute approximate surface area is 296 Å². The molecule has 4 nitrogen and oxygen atoms in total. The molecule has 1 aliphatic carbocycles. The second-order valence-corrected chi connectivity index (χ2v) is 13.2. The molecule has 1 aliphatic heterocycles. The van der Waals surface area contributed by atoms with Crippen LogP contribution in [0.3, 0.4) is 0 Å². The van der Waals surface area contributed by atoms with Gasteiger partial charge < -0.3 is 4.74 Å². The maximum absolute atomic E-state index is 6.55. The third-order valence-corrected chi connectivity index (χ3v) is 10.1. The summed E-state index contributed by atoms with van der Waals surface area (Å²) < 4.78 is 6.55. The van der Waals surface area contributed by atoms with Crippen LogP contribution in [0.2, 0.25) is 0 Å². The van der Waals surface area contributed by atoms with Gasteiger partial charge in [0.2, 0.25) is 0 Å². The first-order valence-electron chi connectivity index (χ1n) is 17.4. The number of hydrogen-bond donors (Lipinski definition) is 0. The molecular formula is C47H31N3O. The van der Waals surface area contributed by atoms with E-state index in [1.807, 2.05) is 12.1 Å². The van der Waals surface area contributed by atoms with Crippen molar-refractivity contribution in [3.8, 4) is 39.7 Å². The van der Waals surface area contributed by atoms with Gasteiger partial charge in [-0.3, -0.25) is 0 Å². The maximum Gasteiger partial charge on any atom is 0.164 e. The maximum atomic E-state index is 6.55. The first-order valence-corrected chi connectivity index (χ1v) is 17.4. The Morgan fingerprint density at radius 3 is 1.90 bits per heavy atom. The van der Waals surface area contributed by atoms with Gasteiger partial charge in [-0.1, -0.05) is 158 Å². The molecule has 240 valence electrons. The zero-order chi connectivity index (χ0) is 33.7. The number of para-hydroxylation sites is 1. The van der Waals surface area contributed by atoms with Crippen molar-refractivity contribution in [2.75, 3.05) is 0 Å². The third-order valence-electron chi connectivity index (χ3n) is 10.1. The molecule has 0 N–H and O–H groups in total. The predicted molar refractivity (Wildman–Crippen MR) is 206 cm³/mol. The predicted octanol–water partition coefficient (Wildman–Crippen LogP) is 11.4. The largest absolute Gasteiger partial charge is 0.461 e. The average Bonchev–Trinajstić information content (AvgIpc) is 3.59. The number of ether oxygens (including phenoxy) is 1. The van der Waals surface area contributed by atoms with Crippen LogP contribution in [0.15, 0.2) is 182 Å². The van der Waals surface area contributed by atoms with Gasteiger partial charge in [0.1, 0.15) is 11.5 Å². The van der Waals surface area contributed by atoms with Gasteiger partial charge in [0.15, 0.2) is 17.5 Å². The van der Waals surface area contributed by atoms with Crippen molar-refractivity contribution in [2.45, 2.75) is 11.8 Å². The van der Waals surface area contributed by atoms with Gasteiger partial charge in [0.25, 0.3) is 0 Å². The third kappa shape index (κ3) is 5.12. The Bertz CT molecular complexity index is 2660. The summed E-state index contributed by atoms with van der Waals surface area (Å²) in [7, 11) is 0. The highest BCUT2D eigenvalue weighted by molar-refractivity contribution is 6.13. The number of allylic oxidation sites excluding steroid dienone is 4. The van der Waals surface area contributed by atoms with Crippen LogP contribution in [0.5, 0.6) is 5.75 Å². The number of rotatable bonds is 5.